The largest absolute Gasteiger partial charge is 0.493 e. The first kappa shape index (κ1) is 32.6. The minimum atomic E-state index is -0.858. The Morgan fingerprint density at radius 2 is 1.71 bits per heavy atom. The van der Waals surface area contributed by atoms with Gasteiger partial charge in [-0.2, -0.15) is 0 Å². The maximum absolute atomic E-state index is 13.8. The van der Waals surface area contributed by atoms with Crippen molar-refractivity contribution in [2.75, 3.05) is 39.8 Å². The van der Waals surface area contributed by atoms with E-state index >= 15 is 0 Å². The quantitative estimate of drug-likeness (QED) is 0.355. The number of benzene rings is 1. The first-order valence-electron chi connectivity index (χ1n) is 15.7. The Hall–Kier alpha value is -2.36. The van der Waals surface area contributed by atoms with Gasteiger partial charge in [0.25, 0.3) is 5.91 Å². The highest BCUT2D eigenvalue weighted by Gasteiger charge is 2.55. The number of ether oxygens (including phenoxy) is 1. The molecule has 1 aromatic rings. The molecule has 1 atom stereocenters. The molecule has 234 valence electrons. The Bertz CT molecular complexity index is 1090. The second-order valence-corrected chi connectivity index (χ2v) is 13.1. The molecule has 3 amide bonds. The number of hydrogen-bond acceptors (Lipinski definition) is 6. The molecule has 0 aromatic heterocycles. The molecule has 2 aliphatic carbocycles. The Labute approximate surface area is 256 Å². The van der Waals surface area contributed by atoms with Gasteiger partial charge in [-0.3, -0.25) is 14.4 Å². The van der Waals surface area contributed by atoms with Crippen LogP contribution in [-0.2, 0) is 9.59 Å². The van der Waals surface area contributed by atoms with Crippen LogP contribution in [0, 0.1) is 5.41 Å². The van der Waals surface area contributed by atoms with Crippen LogP contribution in [-0.4, -0.2) is 89.6 Å². The summed E-state index contributed by atoms with van der Waals surface area (Å²) < 4.78 is 6.13. The zero-order valence-corrected chi connectivity index (χ0v) is 26.1. The van der Waals surface area contributed by atoms with Crippen molar-refractivity contribution in [3.63, 3.8) is 0 Å². The minimum absolute atomic E-state index is 0. The van der Waals surface area contributed by atoms with Crippen molar-refractivity contribution in [3.05, 3.63) is 29.8 Å². The lowest BCUT2D eigenvalue weighted by Crippen LogP contribution is -2.73. The van der Waals surface area contributed by atoms with Crippen LogP contribution < -0.4 is 15.4 Å². The molecule has 0 unspecified atom stereocenters. The summed E-state index contributed by atoms with van der Waals surface area (Å²) in [5, 5.41) is 16.9. The van der Waals surface area contributed by atoms with E-state index in [0.717, 1.165) is 70.3 Å². The first-order valence-corrected chi connectivity index (χ1v) is 15.7. The van der Waals surface area contributed by atoms with Crippen molar-refractivity contribution in [2.45, 2.75) is 101 Å². The van der Waals surface area contributed by atoms with E-state index in [1.54, 1.807) is 19.2 Å². The summed E-state index contributed by atoms with van der Waals surface area (Å²) in [5.41, 5.74) is -0.939. The van der Waals surface area contributed by atoms with Crippen molar-refractivity contribution in [2.24, 2.45) is 5.41 Å². The summed E-state index contributed by atoms with van der Waals surface area (Å²) in [6.07, 6.45) is 10.1. The van der Waals surface area contributed by atoms with Crippen molar-refractivity contribution >= 4 is 30.1 Å². The van der Waals surface area contributed by atoms with Crippen molar-refractivity contribution in [1.82, 2.24) is 20.4 Å². The van der Waals surface area contributed by atoms with E-state index < -0.39 is 17.2 Å². The van der Waals surface area contributed by atoms with Gasteiger partial charge in [0.15, 0.2) is 0 Å². The van der Waals surface area contributed by atoms with Crippen LogP contribution in [0.2, 0.25) is 0 Å². The van der Waals surface area contributed by atoms with Crippen LogP contribution in [0.15, 0.2) is 24.3 Å². The number of rotatable bonds is 11. The Morgan fingerprint density at radius 3 is 2.31 bits per heavy atom. The normalized spacial score (nSPS) is 24.5. The number of carbonyl (C=O) groups is 3. The number of hydrogen-bond donors (Lipinski definition) is 3. The van der Waals surface area contributed by atoms with Crippen molar-refractivity contribution < 1.29 is 24.2 Å². The average molecular weight is 605 g/mol. The smallest absolute Gasteiger partial charge is 0.251 e. The van der Waals surface area contributed by atoms with Crippen LogP contribution in [0.1, 0.15) is 94.3 Å². The Balaban J connectivity index is 0.00000405. The number of amides is 3. The van der Waals surface area contributed by atoms with Crippen molar-refractivity contribution in [1.29, 1.82) is 0 Å². The van der Waals surface area contributed by atoms with Gasteiger partial charge in [0.2, 0.25) is 11.8 Å². The van der Waals surface area contributed by atoms with Gasteiger partial charge >= 0.3 is 0 Å². The van der Waals surface area contributed by atoms with Crippen LogP contribution in [0.3, 0.4) is 0 Å². The average Bonchev–Trinajstić information content (AvgIpc) is 3.75. The number of aliphatic hydroxyl groups is 1. The van der Waals surface area contributed by atoms with Gasteiger partial charge in [-0.1, -0.05) is 32.6 Å². The molecule has 2 saturated carbocycles. The topological polar surface area (TPSA) is 111 Å². The van der Waals surface area contributed by atoms with Crippen LogP contribution >= 0.6 is 12.4 Å². The van der Waals surface area contributed by atoms with Crippen LogP contribution in [0.4, 0.5) is 0 Å². The number of likely N-dealkylation sites (tertiary alicyclic amines) is 1. The van der Waals surface area contributed by atoms with Gasteiger partial charge in [-0.25, -0.2) is 0 Å². The predicted molar refractivity (Wildman–Crippen MR) is 164 cm³/mol. The summed E-state index contributed by atoms with van der Waals surface area (Å²) in [4.78, 5) is 43.7. The van der Waals surface area contributed by atoms with Gasteiger partial charge in [0.1, 0.15) is 17.3 Å². The van der Waals surface area contributed by atoms with E-state index in [-0.39, 0.29) is 35.5 Å². The summed E-state index contributed by atoms with van der Waals surface area (Å²) >= 11 is 0. The molecule has 42 heavy (non-hydrogen) atoms. The van der Waals surface area contributed by atoms with E-state index in [4.69, 9.17) is 4.74 Å². The summed E-state index contributed by atoms with van der Waals surface area (Å²) in [6.45, 7) is 5.77. The molecule has 2 heterocycles. The van der Waals surface area contributed by atoms with Crippen molar-refractivity contribution in [3.8, 4) is 5.75 Å². The third-order valence-electron chi connectivity index (χ3n) is 10.0. The fraction of sp³-hybridized carbons (Fsp3) is 0.719. The molecule has 10 heteroatoms. The maximum Gasteiger partial charge on any atom is 0.251 e. The summed E-state index contributed by atoms with van der Waals surface area (Å²) in [7, 11) is 1.62. The van der Waals surface area contributed by atoms with E-state index in [1.165, 1.54) is 0 Å². The minimum Gasteiger partial charge on any atom is -0.493 e. The van der Waals surface area contributed by atoms with Gasteiger partial charge in [0, 0.05) is 50.6 Å². The molecule has 4 fully saturated rings. The molecule has 2 saturated heterocycles. The monoisotopic (exact) mass is 604 g/mol. The highest BCUT2D eigenvalue weighted by atomic mass is 35.5. The third-order valence-corrected chi connectivity index (χ3v) is 10.0. The molecular formula is C32H49ClN4O5. The molecule has 3 N–H and O–H groups in total. The standard InChI is InChI=1S/C32H48N4O5.ClH/c1-3-4-18-36-28(38)26(21-31(40)12-6-5-7-13-31)34-29(39)32(36)16-19-35(20-17-32)22-30(14-15-30)23-41-25-10-8-24(9-11-25)27(37)33-2;/h8-11,26,40H,3-7,12-23H2,1-2H3,(H,33,37)(H,34,39);1H/t26-;/m1./s1. The molecule has 5 rings (SSSR count). The van der Waals surface area contributed by atoms with Gasteiger partial charge in [0.05, 0.1) is 12.2 Å². The molecular weight excluding hydrogens is 556 g/mol. The summed E-state index contributed by atoms with van der Waals surface area (Å²) in [6, 6.07) is 6.60. The number of halogens is 1. The fourth-order valence-corrected chi connectivity index (χ4v) is 7.11. The zero-order chi connectivity index (χ0) is 29.1. The van der Waals surface area contributed by atoms with Gasteiger partial charge in [-0.15, -0.1) is 12.4 Å². The lowest BCUT2D eigenvalue weighted by atomic mass is 9.77. The molecule has 4 aliphatic rings. The Kier molecular flexibility index (Phi) is 10.5. The zero-order valence-electron chi connectivity index (χ0n) is 25.3. The second-order valence-electron chi connectivity index (χ2n) is 13.1. The lowest BCUT2D eigenvalue weighted by molar-refractivity contribution is -0.163. The molecule has 0 bridgehead atoms. The highest BCUT2D eigenvalue weighted by Crippen LogP contribution is 2.47. The lowest BCUT2D eigenvalue weighted by Gasteiger charge is -2.52. The fourth-order valence-electron chi connectivity index (χ4n) is 7.11. The molecule has 2 aliphatic heterocycles. The molecule has 1 aromatic carbocycles. The van der Waals surface area contributed by atoms with Crippen LogP contribution in [0.5, 0.6) is 5.75 Å². The molecule has 9 nitrogen and oxygen atoms in total. The second kappa shape index (κ2) is 13.5. The van der Waals surface area contributed by atoms with Gasteiger partial charge < -0.3 is 30.3 Å². The number of piperidine rings is 1. The van der Waals surface area contributed by atoms with Gasteiger partial charge in [-0.05, 0) is 69.2 Å². The molecule has 0 radical (unpaired) electrons. The molecule has 1 spiro atoms. The van der Waals surface area contributed by atoms with E-state index in [1.807, 2.05) is 17.0 Å². The number of piperazine rings is 1. The van der Waals surface area contributed by atoms with E-state index in [0.29, 0.717) is 50.8 Å². The van der Waals surface area contributed by atoms with E-state index in [2.05, 4.69) is 22.5 Å². The number of nitrogens with zero attached hydrogens (tertiary/aromatic N) is 2. The van der Waals surface area contributed by atoms with E-state index in [9.17, 15) is 19.5 Å². The predicted octanol–water partition coefficient (Wildman–Crippen LogP) is 3.67. The SMILES string of the molecule is CCCCN1C(=O)[C@@H](CC2(O)CCCCC2)NC(=O)C12CCN(CC1(COc3ccc(C(=O)NC)cc3)CC1)CC2.Cl. The third kappa shape index (κ3) is 7.05. The number of nitrogens with one attached hydrogen (secondary N) is 2. The number of unbranched alkanes of at least 4 members (excludes halogenated alkanes) is 1. The Morgan fingerprint density at radius 1 is 1.05 bits per heavy atom. The highest BCUT2D eigenvalue weighted by molar-refractivity contribution is 6.00. The maximum atomic E-state index is 13.8. The number of carbonyl (C=O) groups excluding carboxylic acids is 3. The first-order chi connectivity index (χ1) is 19.7. The van der Waals surface area contributed by atoms with Crippen LogP contribution in [0.25, 0.3) is 0 Å². The summed E-state index contributed by atoms with van der Waals surface area (Å²) in [5.74, 6) is 0.594.